The molecule has 1 aromatic carbocycles. The first-order valence-electron chi connectivity index (χ1n) is 7.74. The summed E-state index contributed by atoms with van der Waals surface area (Å²) in [5.74, 6) is 0.440. The van der Waals surface area contributed by atoms with Crippen LogP contribution in [0, 0.1) is 5.92 Å². The molecule has 1 unspecified atom stereocenters. The van der Waals surface area contributed by atoms with Crippen molar-refractivity contribution in [3.05, 3.63) is 35.9 Å². The fraction of sp³-hybridized carbons (Fsp3) is 0.588. The number of nitrogens with one attached hydrogen (secondary N) is 1. The zero-order valence-electron chi connectivity index (χ0n) is 13.0. The number of methoxy groups -OCH3 is 1. The number of likely N-dealkylation sites (tertiary alicyclic amines) is 1. The summed E-state index contributed by atoms with van der Waals surface area (Å²) in [6, 6.07) is 9.95. The number of benzene rings is 1. The van der Waals surface area contributed by atoms with Crippen molar-refractivity contribution in [2.75, 3.05) is 40.3 Å². The van der Waals surface area contributed by atoms with Crippen LogP contribution in [0.25, 0.3) is 0 Å². The van der Waals surface area contributed by atoms with E-state index in [1.807, 2.05) is 37.4 Å². The maximum absolute atomic E-state index is 12.1. The van der Waals surface area contributed by atoms with Crippen LogP contribution in [-0.4, -0.2) is 51.2 Å². The Balaban J connectivity index is 1.96. The molecule has 0 radical (unpaired) electrons. The van der Waals surface area contributed by atoms with E-state index in [4.69, 9.17) is 4.74 Å². The van der Waals surface area contributed by atoms with Gasteiger partial charge in [-0.05, 0) is 51.0 Å². The van der Waals surface area contributed by atoms with Crippen molar-refractivity contribution in [2.24, 2.45) is 5.92 Å². The molecule has 1 aliphatic heterocycles. The Kier molecular flexibility index (Phi) is 6.21. The van der Waals surface area contributed by atoms with Gasteiger partial charge in [0.25, 0.3) is 0 Å². The zero-order valence-corrected chi connectivity index (χ0v) is 13.0. The molecule has 21 heavy (non-hydrogen) atoms. The lowest BCUT2D eigenvalue weighted by molar-refractivity contribution is -0.143. The Morgan fingerprint density at radius 3 is 2.57 bits per heavy atom. The molecule has 0 saturated carbocycles. The van der Waals surface area contributed by atoms with Crippen LogP contribution >= 0.6 is 0 Å². The third-order valence-corrected chi connectivity index (χ3v) is 4.33. The van der Waals surface area contributed by atoms with Gasteiger partial charge >= 0.3 is 5.97 Å². The van der Waals surface area contributed by atoms with Gasteiger partial charge in [-0.3, -0.25) is 4.79 Å². The van der Waals surface area contributed by atoms with E-state index in [0.717, 1.165) is 37.7 Å². The molecule has 116 valence electrons. The van der Waals surface area contributed by atoms with Gasteiger partial charge in [0, 0.05) is 6.54 Å². The Bertz CT molecular complexity index is 428. The van der Waals surface area contributed by atoms with Gasteiger partial charge in [0.1, 0.15) is 0 Å². The smallest absolute Gasteiger partial charge is 0.314 e. The standard InChI is InChI=1S/C17H26N2O2/c1-18-12-14-8-10-19(11-9-14)13-16(17(20)21-2)15-6-4-3-5-7-15/h3-7,14,16,18H,8-13H2,1-2H3. The lowest BCUT2D eigenvalue weighted by Gasteiger charge is -2.33. The van der Waals surface area contributed by atoms with Gasteiger partial charge in [-0.1, -0.05) is 30.3 Å². The average molecular weight is 290 g/mol. The van der Waals surface area contributed by atoms with E-state index in [0.29, 0.717) is 0 Å². The SMILES string of the molecule is CNCC1CCN(CC(C(=O)OC)c2ccccc2)CC1. The summed E-state index contributed by atoms with van der Waals surface area (Å²) >= 11 is 0. The molecule has 0 amide bonds. The Hall–Kier alpha value is -1.39. The molecule has 4 heteroatoms. The van der Waals surface area contributed by atoms with Gasteiger partial charge < -0.3 is 15.0 Å². The molecule has 1 saturated heterocycles. The van der Waals surface area contributed by atoms with E-state index in [-0.39, 0.29) is 11.9 Å². The fourth-order valence-electron chi connectivity index (χ4n) is 3.06. The van der Waals surface area contributed by atoms with Crippen molar-refractivity contribution in [3.8, 4) is 0 Å². The lowest BCUT2D eigenvalue weighted by Crippen LogP contribution is -2.40. The monoisotopic (exact) mass is 290 g/mol. The van der Waals surface area contributed by atoms with E-state index in [1.54, 1.807) is 0 Å². The summed E-state index contributed by atoms with van der Waals surface area (Å²) in [6.07, 6.45) is 2.40. The first-order valence-corrected chi connectivity index (χ1v) is 7.74. The topological polar surface area (TPSA) is 41.6 Å². The second-order valence-corrected chi connectivity index (χ2v) is 5.79. The summed E-state index contributed by atoms with van der Waals surface area (Å²) in [5.41, 5.74) is 1.04. The van der Waals surface area contributed by atoms with Gasteiger partial charge in [-0.2, -0.15) is 0 Å². The molecule has 2 rings (SSSR count). The Morgan fingerprint density at radius 1 is 1.33 bits per heavy atom. The van der Waals surface area contributed by atoms with Crippen molar-refractivity contribution in [2.45, 2.75) is 18.8 Å². The van der Waals surface area contributed by atoms with E-state index < -0.39 is 0 Å². The molecule has 0 spiro atoms. The number of esters is 1. The summed E-state index contributed by atoms with van der Waals surface area (Å²) in [7, 11) is 3.48. The van der Waals surface area contributed by atoms with E-state index >= 15 is 0 Å². The largest absolute Gasteiger partial charge is 0.469 e. The van der Waals surface area contributed by atoms with Gasteiger partial charge in [-0.25, -0.2) is 0 Å². The number of carbonyl (C=O) groups excluding carboxylic acids is 1. The zero-order chi connectivity index (χ0) is 15.1. The first-order chi connectivity index (χ1) is 10.2. The Morgan fingerprint density at radius 2 is 2.00 bits per heavy atom. The number of hydrogen-bond acceptors (Lipinski definition) is 4. The normalized spacial score (nSPS) is 18.4. The Labute approximate surface area is 127 Å². The van der Waals surface area contributed by atoms with Crippen LogP contribution in [0.15, 0.2) is 30.3 Å². The number of piperidine rings is 1. The highest BCUT2D eigenvalue weighted by Gasteiger charge is 2.26. The molecule has 1 aromatic rings. The highest BCUT2D eigenvalue weighted by Crippen LogP contribution is 2.22. The molecule has 0 bridgehead atoms. The molecule has 0 aliphatic carbocycles. The quantitative estimate of drug-likeness (QED) is 0.812. The summed E-state index contributed by atoms with van der Waals surface area (Å²) < 4.78 is 4.99. The third kappa shape index (κ3) is 4.55. The maximum atomic E-state index is 12.1. The van der Waals surface area contributed by atoms with Crippen molar-refractivity contribution in [1.29, 1.82) is 0 Å². The number of ether oxygens (including phenoxy) is 1. The second kappa shape index (κ2) is 8.15. The van der Waals surface area contributed by atoms with Crippen LogP contribution in [0.4, 0.5) is 0 Å². The number of rotatable bonds is 6. The van der Waals surface area contributed by atoms with Crippen molar-refractivity contribution in [1.82, 2.24) is 10.2 Å². The van der Waals surface area contributed by atoms with Crippen molar-refractivity contribution in [3.63, 3.8) is 0 Å². The molecule has 0 aromatic heterocycles. The van der Waals surface area contributed by atoms with Crippen LogP contribution < -0.4 is 5.32 Å². The molecular formula is C17H26N2O2. The highest BCUT2D eigenvalue weighted by molar-refractivity contribution is 5.78. The first kappa shape index (κ1) is 16.0. The fourth-order valence-corrected chi connectivity index (χ4v) is 3.06. The number of hydrogen-bond donors (Lipinski definition) is 1. The minimum absolute atomic E-state index is 0.140. The molecule has 1 N–H and O–H groups in total. The van der Waals surface area contributed by atoms with Gasteiger partial charge in [0.15, 0.2) is 0 Å². The van der Waals surface area contributed by atoms with Gasteiger partial charge in [-0.15, -0.1) is 0 Å². The van der Waals surface area contributed by atoms with Crippen LogP contribution in [0.5, 0.6) is 0 Å². The van der Waals surface area contributed by atoms with Crippen LogP contribution in [0.2, 0.25) is 0 Å². The average Bonchev–Trinajstić information content (AvgIpc) is 2.54. The van der Waals surface area contributed by atoms with Gasteiger partial charge in [0.2, 0.25) is 0 Å². The molecule has 1 heterocycles. The predicted octanol–water partition coefficient (Wildman–Crippen LogP) is 1.87. The lowest BCUT2D eigenvalue weighted by atomic mass is 9.94. The van der Waals surface area contributed by atoms with Crippen LogP contribution in [-0.2, 0) is 9.53 Å². The molecule has 1 atom stereocenters. The minimum atomic E-state index is -0.183. The number of carbonyl (C=O) groups is 1. The van der Waals surface area contributed by atoms with Gasteiger partial charge in [0.05, 0.1) is 13.0 Å². The van der Waals surface area contributed by atoms with Crippen molar-refractivity contribution < 1.29 is 9.53 Å². The molecule has 4 nitrogen and oxygen atoms in total. The van der Waals surface area contributed by atoms with E-state index in [1.165, 1.54) is 20.0 Å². The minimum Gasteiger partial charge on any atom is -0.469 e. The summed E-state index contributed by atoms with van der Waals surface area (Å²) in [6.45, 7) is 3.97. The predicted molar refractivity (Wildman–Crippen MR) is 84.3 cm³/mol. The summed E-state index contributed by atoms with van der Waals surface area (Å²) in [4.78, 5) is 14.5. The van der Waals surface area contributed by atoms with E-state index in [2.05, 4.69) is 10.2 Å². The van der Waals surface area contributed by atoms with Crippen LogP contribution in [0.1, 0.15) is 24.3 Å². The number of nitrogens with zero attached hydrogens (tertiary/aromatic N) is 1. The van der Waals surface area contributed by atoms with E-state index in [9.17, 15) is 4.79 Å². The highest BCUT2D eigenvalue weighted by atomic mass is 16.5. The van der Waals surface area contributed by atoms with Crippen molar-refractivity contribution >= 4 is 5.97 Å². The third-order valence-electron chi connectivity index (χ3n) is 4.33. The second-order valence-electron chi connectivity index (χ2n) is 5.79. The molecule has 1 aliphatic rings. The maximum Gasteiger partial charge on any atom is 0.314 e. The van der Waals surface area contributed by atoms with Crippen LogP contribution in [0.3, 0.4) is 0 Å². The molecular weight excluding hydrogens is 264 g/mol. The molecule has 1 fully saturated rings. The summed E-state index contributed by atoms with van der Waals surface area (Å²) in [5, 5.41) is 3.25.